The fourth-order valence-corrected chi connectivity index (χ4v) is 1.46. The lowest BCUT2D eigenvalue weighted by atomic mass is 10.1. The highest BCUT2D eigenvalue weighted by Crippen LogP contribution is 2.41. The van der Waals surface area contributed by atoms with Crippen molar-refractivity contribution in [2.45, 2.75) is 32.9 Å². The maximum absolute atomic E-state index is 13.9. The van der Waals surface area contributed by atoms with Gasteiger partial charge in [-0.3, -0.25) is 0 Å². The van der Waals surface area contributed by atoms with E-state index < -0.39 is 29.1 Å². The summed E-state index contributed by atoms with van der Waals surface area (Å²) in [5.74, 6) is -2.33. The third kappa shape index (κ3) is 4.01. The van der Waals surface area contributed by atoms with Gasteiger partial charge in [0.05, 0.1) is 13.2 Å². The van der Waals surface area contributed by atoms with Crippen molar-refractivity contribution in [2.24, 2.45) is 0 Å². The molecule has 0 aromatic heterocycles. The monoisotopic (exact) mass is 280 g/mol. The summed E-state index contributed by atoms with van der Waals surface area (Å²) in [6, 6.07) is 2.25. The van der Waals surface area contributed by atoms with E-state index in [1.54, 1.807) is 13.8 Å². The fourth-order valence-electron chi connectivity index (χ4n) is 1.46. The van der Waals surface area contributed by atoms with Gasteiger partial charge in [-0.25, -0.2) is 4.39 Å². The lowest BCUT2D eigenvalue weighted by Gasteiger charge is -2.16. The van der Waals surface area contributed by atoms with Gasteiger partial charge in [-0.1, -0.05) is 13.8 Å². The summed E-state index contributed by atoms with van der Waals surface area (Å²) in [5.41, 5.74) is -1.41. The maximum Gasteiger partial charge on any atom is 0.422 e. The molecule has 0 fully saturated rings. The normalized spacial score (nSPS) is 11.5. The van der Waals surface area contributed by atoms with Gasteiger partial charge in [-0.2, -0.15) is 13.2 Å². The molecule has 1 rings (SSSR count). The molecule has 6 heteroatoms. The number of rotatable bonds is 6. The highest BCUT2D eigenvalue weighted by molar-refractivity contribution is 5.43. The van der Waals surface area contributed by atoms with Crippen molar-refractivity contribution in [1.82, 2.24) is 0 Å². The van der Waals surface area contributed by atoms with Crippen LogP contribution in [0.5, 0.6) is 11.5 Å². The molecule has 0 saturated heterocycles. The minimum atomic E-state index is -4.82. The number of hydrogen-bond acceptors (Lipinski definition) is 2. The summed E-state index contributed by atoms with van der Waals surface area (Å²) >= 11 is 0. The minimum absolute atomic E-state index is 0.0949. The lowest BCUT2D eigenvalue weighted by Crippen LogP contribution is -2.13. The third-order valence-corrected chi connectivity index (χ3v) is 2.28. The molecule has 0 aliphatic heterocycles. The van der Waals surface area contributed by atoms with Crippen molar-refractivity contribution in [3.8, 4) is 11.5 Å². The predicted octanol–water partition coefficient (Wildman–Crippen LogP) is 4.42. The van der Waals surface area contributed by atoms with Gasteiger partial charge in [-0.05, 0) is 25.0 Å². The Morgan fingerprint density at radius 2 is 1.42 bits per heavy atom. The smallest absolute Gasteiger partial charge is 0.422 e. The van der Waals surface area contributed by atoms with E-state index in [1.807, 2.05) is 0 Å². The summed E-state index contributed by atoms with van der Waals surface area (Å²) in [6.45, 7) is 3.78. The zero-order chi connectivity index (χ0) is 14.5. The van der Waals surface area contributed by atoms with Crippen LogP contribution in [0.1, 0.15) is 32.3 Å². The molecule has 0 saturated carbocycles. The molecule has 19 heavy (non-hydrogen) atoms. The number of alkyl halides is 3. The van der Waals surface area contributed by atoms with Crippen LogP contribution < -0.4 is 9.47 Å². The second-order valence-corrected chi connectivity index (χ2v) is 3.95. The maximum atomic E-state index is 13.9. The van der Waals surface area contributed by atoms with Crippen LogP contribution in [0.2, 0.25) is 0 Å². The van der Waals surface area contributed by atoms with Crippen LogP contribution in [0.4, 0.5) is 17.6 Å². The second-order valence-electron chi connectivity index (χ2n) is 3.95. The van der Waals surface area contributed by atoms with Crippen LogP contribution in [-0.2, 0) is 6.18 Å². The van der Waals surface area contributed by atoms with Gasteiger partial charge in [0, 0.05) is 0 Å². The van der Waals surface area contributed by atoms with Crippen LogP contribution in [-0.4, -0.2) is 13.2 Å². The molecular formula is C13H16F4O2. The molecule has 2 nitrogen and oxygen atoms in total. The van der Waals surface area contributed by atoms with E-state index in [1.165, 1.54) is 0 Å². The molecule has 0 bridgehead atoms. The third-order valence-electron chi connectivity index (χ3n) is 2.28. The molecule has 0 amide bonds. The van der Waals surface area contributed by atoms with Crippen molar-refractivity contribution in [2.75, 3.05) is 13.2 Å². The molecule has 0 spiro atoms. The highest BCUT2D eigenvalue weighted by Gasteiger charge is 2.39. The SMILES string of the molecule is CCCOc1ccc(OCCC)c(C(F)(F)F)c1F. The van der Waals surface area contributed by atoms with Crippen molar-refractivity contribution in [3.63, 3.8) is 0 Å². The Labute approximate surface area is 109 Å². The van der Waals surface area contributed by atoms with Crippen molar-refractivity contribution >= 4 is 0 Å². The molecule has 108 valence electrons. The number of benzene rings is 1. The van der Waals surface area contributed by atoms with Crippen LogP contribution in [0.25, 0.3) is 0 Å². The quantitative estimate of drug-likeness (QED) is 0.718. The Morgan fingerprint density at radius 1 is 0.947 bits per heavy atom. The van der Waals surface area contributed by atoms with Gasteiger partial charge in [-0.15, -0.1) is 0 Å². The van der Waals surface area contributed by atoms with E-state index in [0.29, 0.717) is 12.8 Å². The Hall–Kier alpha value is -1.46. The number of halogens is 4. The molecule has 0 heterocycles. The van der Waals surface area contributed by atoms with Crippen LogP contribution in [0, 0.1) is 5.82 Å². The predicted molar refractivity (Wildman–Crippen MR) is 63.0 cm³/mol. The van der Waals surface area contributed by atoms with E-state index in [9.17, 15) is 17.6 Å². The van der Waals surface area contributed by atoms with Gasteiger partial charge in [0.25, 0.3) is 0 Å². The number of hydrogen-bond donors (Lipinski definition) is 0. The zero-order valence-electron chi connectivity index (χ0n) is 10.8. The average molecular weight is 280 g/mol. The summed E-state index contributed by atoms with van der Waals surface area (Å²) in [7, 11) is 0. The van der Waals surface area contributed by atoms with Crippen LogP contribution >= 0.6 is 0 Å². The standard InChI is InChI=1S/C13H16F4O2/c1-3-7-18-9-5-6-10(19-8-4-2)12(14)11(9)13(15,16)17/h5-6H,3-4,7-8H2,1-2H3. The number of ether oxygens (including phenoxy) is 2. The summed E-state index contributed by atoms with van der Waals surface area (Å²) in [4.78, 5) is 0. The van der Waals surface area contributed by atoms with Crippen molar-refractivity contribution < 1.29 is 27.0 Å². The Kier molecular flexibility index (Phi) is 5.44. The van der Waals surface area contributed by atoms with Crippen molar-refractivity contribution in [1.29, 1.82) is 0 Å². The molecule has 1 aromatic rings. The average Bonchev–Trinajstić information content (AvgIpc) is 2.33. The van der Waals surface area contributed by atoms with Gasteiger partial charge in [0.15, 0.2) is 11.6 Å². The summed E-state index contributed by atoms with van der Waals surface area (Å²) in [5, 5.41) is 0. The van der Waals surface area contributed by atoms with Crippen molar-refractivity contribution in [3.05, 3.63) is 23.5 Å². The van der Waals surface area contributed by atoms with E-state index >= 15 is 0 Å². The zero-order valence-corrected chi connectivity index (χ0v) is 10.8. The topological polar surface area (TPSA) is 18.5 Å². The molecule has 0 aliphatic rings. The lowest BCUT2D eigenvalue weighted by molar-refractivity contribution is -0.141. The van der Waals surface area contributed by atoms with Crippen LogP contribution in [0.15, 0.2) is 12.1 Å². The minimum Gasteiger partial charge on any atom is -0.493 e. The first-order valence-electron chi connectivity index (χ1n) is 6.07. The molecule has 0 atom stereocenters. The summed E-state index contributed by atoms with van der Waals surface area (Å²) < 4.78 is 62.3. The van der Waals surface area contributed by atoms with Gasteiger partial charge in [0.1, 0.15) is 11.3 Å². The van der Waals surface area contributed by atoms with Gasteiger partial charge < -0.3 is 9.47 Å². The Bertz CT molecular complexity index is 416. The Morgan fingerprint density at radius 3 is 1.89 bits per heavy atom. The van der Waals surface area contributed by atoms with E-state index in [4.69, 9.17) is 9.47 Å². The molecular weight excluding hydrogens is 264 g/mol. The molecule has 0 N–H and O–H groups in total. The molecule has 0 radical (unpaired) electrons. The fraction of sp³-hybridized carbons (Fsp3) is 0.538. The van der Waals surface area contributed by atoms with Gasteiger partial charge >= 0.3 is 6.18 Å². The van der Waals surface area contributed by atoms with E-state index in [2.05, 4.69) is 0 Å². The largest absolute Gasteiger partial charge is 0.493 e. The first-order chi connectivity index (χ1) is 8.91. The highest BCUT2D eigenvalue weighted by atomic mass is 19.4. The first-order valence-corrected chi connectivity index (χ1v) is 6.07. The van der Waals surface area contributed by atoms with E-state index in [0.717, 1.165) is 12.1 Å². The van der Waals surface area contributed by atoms with Gasteiger partial charge in [0.2, 0.25) is 0 Å². The molecule has 0 unspecified atom stereocenters. The second kappa shape index (κ2) is 6.63. The summed E-state index contributed by atoms with van der Waals surface area (Å²) in [6.07, 6.45) is -3.71. The van der Waals surface area contributed by atoms with Crippen LogP contribution in [0.3, 0.4) is 0 Å². The Balaban J connectivity index is 3.16. The molecule has 1 aromatic carbocycles. The van der Waals surface area contributed by atoms with E-state index in [-0.39, 0.29) is 13.2 Å². The first kappa shape index (κ1) is 15.6. The molecule has 0 aliphatic carbocycles.